The Morgan fingerprint density at radius 2 is 2.22 bits per heavy atom. The minimum absolute atomic E-state index is 0.335. The Bertz CT molecular complexity index is 637. The average Bonchev–Trinajstić information content (AvgIpc) is 2.36. The highest BCUT2D eigenvalue weighted by molar-refractivity contribution is 9.10. The van der Waals surface area contributed by atoms with Crippen LogP contribution in [0.2, 0.25) is 0 Å². The van der Waals surface area contributed by atoms with E-state index in [0.717, 1.165) is 10.0 Å². The molecule has 1 aromatic carbocycles. The molecule has 0 aliphatic heterocycles. The molecule has 0 unspecified atom stereocenters. The molecule has 0 bridgehead atoms. The van der Waals surface area contributed by atoms with Gasteiger partial charge in [0.2, 0.25) is 0 Å². The Labute approximate surface area is 111 Å². The molecule has 7 heteroatoms. The summed E-state index contributed by atoms with van der Waals surface area (Å²) in [6.07, 6.45) is 1.63. The van der Waals surface area contributed by atoms with E-state index in [1.807, 2.05) is 24.3 Å². The van der Waals surface area contributed by atoms with E-state index in [-0.39, 0.29) is 0 Å². The third-order valence-corrected chi connectivity index (χ3v) is 2.88. The zero-order valence-electron chi connectivity index (χ0n) is 9.51. The summed E-state index contributed by atoms with van der Waals surface area (Å²) in [5, 5.41) is 10.0. The molecule has 2 aromatic rings. The van der Waals surface area contributed by atoms with Crippen LogP contribution in [0, 0.1) is 6.92 Å². The van der Waals surface area contributed by atoms with E-state index < -0.39 is 5.69 Å². The number of halogens is 1. The third kappa shape index (κ3) is 3.01. The molecule has 92 valence electrons. The van der Waals surface area contributed by atoms with Gasteiger partial charge >= 0.3 is 5.69 Å². The second-order valence-corrected chi connectivity index (χ2v) is 4.32. The number of aromatic amines is 1. The fourth-order valence-electron chi connectivity index (χ4n) is 1.24. The molecule has 1 heterocycles. The molecule has 2 N–H and O–H groups in total. The van der Waals surface area contributed by atoms with Gasteiger partial charge in [-0.25, -0.2) is 9.89 Å². The van der Waals surface area contributed by atoms with E-state index in [9.17, 15) is 4.79 Å². The van der Waals surface area contributed by atoms with Gasteiger partial charge in [-0.3, -0.25) is 5.43 Å². The second-order valence-electron chi connectivity index (χ2n) is 3.47. The monoisotopic (exact) mass is 307 g/mol. The number of benzene rings is 1. The van der Waals surface area contributed by atoms with Crippen molar-refractivity contribution >= 4 is 28.0 Å². The number of hydrazone groups is 1. The van der Waals surface area contributed by atoms with Gasteiger partial charge in [-0.05, 0) is 13.0 Å². The van der Waals surface area contributed by atoms with Gasteiger partial charge in [0.15, 0.2) is 5.82 Å². The first-order valence-corrected chi connectivity index (χ1v) is 5.93. The zero-order valence-corrected chi connectivity index (χ0v) is 11.1. The Hall–Kier alpha value is -2.02. The number of H-pyrrole nitrogens is 1. The van der Waals surface area contributed by atoms with Crippen LogP contribution >= 0.6 is 15.9 Å². The highest BCUT2D eigenvalue weighted by Gasteiger charge is 2.00. The zero-order chi connectivity index (χ0) is 13.0. The van der Waals surface area contributed by atoms with Crippen molar-refractivity contribution in [1.29, 1.82) is 0 Å². The fourth-order valence-corrected chi connectivity index (χ4v) is 1.63. The van der Waals surface area contributed by atoms with Gasteiger partial charge < -0.3 is 0 Å². The van der Waals surface area contributed by atoms with E-state index in [1.165, 1.54) is 0 Å². The number of nitrogens with one attached hydrogen (secondary N) is 2. The van der Waals surface area contributed by atoms with Crippen LogP contribution in [0.4, 0.5) is 5.82 Å². The minimum Gasteiger partial charge on any atom is -0.260 e. The molecule has 0 spiro atoms. The predicted molar refractivity (Wildman–Crippen MR) is 72.7 cm³/mol. The topological polar surface area (TPSA) is 83.0 Å². The van der Waals surface area contributed by atoms with E-state index in [0.29, 0.717) is 11.5 Å². The lowest BCUT2D eigenvalue weighted by Gasteiger charge is -2.01. The lowest BCUT2D eigenvalue weighted by atomic mass is 10.2. The Balaban J connectivity index is 2.15. The molecular formula is C11H10BrN5O. The maximum absolute atomic E-state index is 11.0. The van der Waals surface area contributed by atoms with E-state index in [4.69, 9.17) is 0 Å². The summed E-state index contributed by atoms with van der Waals surface area (Å²) in [7, 11) is 0. The van der Waals surface area contributed by atoms with Crippen LogP contribution in [0.3, 0.4) is 0 Å². The minimum atomic E-state index is -0.515. The van der Waals surface area contributed by atoms with Crippen molar-refractivity contribution in [3.8, 4) is 0 Å². The highest BCUT2D eigenvalue weighted by atomic mass is 79.9. The molecule has 0 amide bonds. The molecule has 0 fully saturated rings. The molecule has 1 aromatic heterocycles. The molecular weight excluding hydrogens is 298 g/mol. The van der Waals surface area contributed by atoms with Crippen molar-refractivity contribution < 1.29 is 0 Å². The highest BCUT2D eigenvalue weighted by Crippen LogP contribution is 2.13. The Morgan fingerprint density at radius 1 is 1.44 bits per heavy atom. The molecule has 6 nitrogen and oxygen atoms in total. The van der Waals surface area contributed by atoms with Crippen molar-refractivity contribution in [2.24, 2.45) is 5.10 Å². The van der Waals surface area contributed by atoms with Crippen LogP contribution in [-0.4, -0.2) is 21.4 Å². The summed E-state index contributed by atoms with van der Waals surface area (Å²) in [5.41, 5.74) is 3.66. The fraction of sp³-hybridized carbons (Fsp3) is 0.0909. The van der Waals surface area contributed by atoms with Gasteiger partial charge in [0, 0.05) is 10.0 Å². The largest absolute Gasteiger partial charge is 0.363 e. The molecule has 0 aliphatic carbocycles. The van der Waals surface area contributed by atoms with Gasteiger partial charge in [0.25, 0.3) is 0 Å². The summed E-state index contributed by atoms with van der Waals surface area (Å²) in [5.74, 6) is 0.335. The number of hydrogen-bond acceptors (Lipinski definition) is 5. The third-order valence-electron chi connectivity index (χ3n) is 2.15. The molecule has 0 radical (unpaired) electrons. The molecule has 0 saturated carbocycles. The maximum atomic E-state index is 11.0. The normalized spacial score (nSPS) is 10.8. The maximum Gasteiger partial charge on any atom is 0.363 e. The number of rotatable bonds is 3. The Kier molecular flexibility index (Phi) is 3.83. The number of anilines is 1. The van der Waals surface area contributed by atoms with Gasteiger partial charge in [0.05, 0.1) is 6.21 Å². The van der Waals surface area contributed by atoms with Crippen LogP contribution in [-0.2, 0) is 0 Å². The van der Waals surface area contributed by atoms with E-state index >= 15 is 0 Å². The van der Waals surface area contributed by atoms with Crippen molar-refractivity contribution in [3.63, 3.8) is 0 Å². The number of aromatic nitrogens is 3. The van der Waals surface area contributed by atoms with Gasteiger partial charge in [0.1, 0.15) is 5.69 Å². The molecule has 2 rings (SSSR count). The van der Waals surface area contributed by atoms with Crippen molar-refractivity contribution in [3.05, 3.63) is 50.5 Å². The van der Waals surface area contributed by atoms with Crippen molar-refractivity contribution in [2.75, 3.05) is 5.43 Å². The van der Waals surface area contributed by atoms with E-state index in [1.54, 1.807) is 13.1 Å². The van der Waals surface area contributed by atoms with E-state index in [2.05, 4.69) is 41.6 Å². The second kappa shape index (κ2) is 5.54. The van der Waals surface area contributed by atoms with Gasteiger partial charge in [-0.15, -0.1) is 0 Å². The van der Waals surface area contributed by atoms with Crippen molar-refractivity contribution in [1.82, 2.24) is 15.2 Å². The molecule has 18 heavy (non-hydrogen) atoms. The first kappa shape index (κ1) is 12.4. The SMILES string of the molecule is Cc1n[nH]c(=O)nc1N/N=C\c1ccccc1Br. The number of nitrogens with zero attached hydrogens (tertiary/aromatic N) is 3. The number of aryl methyl sites for hydroxylation is 1. The van der Waals surface area contributed by atoms with Gasteiger partial charge in [-0.2, -0.15) is 15.2 Å². The molecule has 0 aliphatic rings. The standard InChI is InChI=1S/C11H10BrN5O/c1-7-10(14-11(18)17-15-7)16-13-6-8-4-2-3-5-9(8)12/h2-6H,1H3,(H2,14,16,17,18)/b13-6-. The van der Waals surface area contributed by atoms with Crippen LogP contribution < -0.4 is 11.1 Å². The summed E-state index contributed by atoms with van der Waals surface area (Å²) < 4.78 is 0.935. The Morgan fingerprint density at radius 3 is 3.00 bits per heavy atom. The predicted octanol–water partition coefficient (Wildman–Crippen LogP) is 1.68. The van der Waals surface area contributed by atoms with Crippen LogP contribution in [0.25, 0.3) is 0 Å². The molecule has 0 atom stereocenters. The smallest absolute Gasteiger partial charge is 0.260 e. The van der Waals surface area contributed by atoms with Crippen LogP contribution in [0.1, 0.15) is 11.3 Å². The first-order chi connectivity index (χ1) is 8.66. The average molecular weight is 308 g/mol. The summed E-state index contributed by atoms with van der Waals surface area (Å²) >= 11 is 3.41. The van der Waals surface area contributed by atoms with Crippen LogP contribution in [0.5, 0.6) is 0 Å². The lowest BCUT2D eigenvalue weighted by molar-refractivity contribution is 0.879. The lowest BCUT2D eigenvalue weighted by Crippen LogP contribution is -2.15. The van der Waals surface area contributed by atoms with Gasteiger partial charge in [-0.1, -0.05) is 34.1 Å². The first-order valence-electron chi connectivity index (χ1n) is 5.14. The number of hydrogen-bond donors (Lipinski definition) is 2. The quantitative estimate of drug-likeness (QED) is 0.667. The summed E-state index contributed by atoms with van der Waals surface area (Å²) in [6.45, 7) is 1.72. The van der Waals surface area contributed by atoms with Crippen molar-refractivity contribution in [2.45, 2.75) is 6.92 Å². The molecule has 0 saturated heterocycles. The summed E-state index contributed by atoms with van der Waals surface area (Å²) in [4.78, 5) is 14.7. The van der Waals surface area contributed by atoms with Crippen LogP contribution in [0.15, 0.2) is 38.6 Å². The summed E-state index contributed by atoms with van der Waals surface area (Å²) in [6, 6.07) is 7.65.